The van der Waals surface area contributed by atoms with Crippen molar-refractivity contribution >= 4 is 19.8 Å². The topological polar surface area (TPSA) is 111 Å². The highest BCUT2D eigenvalue weighted by molar-refractivity contribution is 7.45. The van der Waals surface area contributed by atoms with Gasteiger partial charge < -0.3 is 27.9 Å². The van der Waals surface area contributed by atoms with Gasteiger partial charge in [-0.2, -0.15) is 0 Å². The highest BCUT2D eigenvalue weighted by atomic mass is 31.2. The summed E-state index contributed by atoms with van der Waals surface area (Å²) in [5.74, 6) is -0.912. The van der Waals surface area contributed by atoms with Gasteiger partial charge >= 0.3 is 11.9 Å². The first-order chi connectivity index (χ1) is 36.0. The molecule has 0 amide bonds. The largest absolute Gasteiger partial charge is 0.756 e. The van der Waals surface area contributed by atoms with Gasteiger partial charge in [-0.15, -0.1) is 0 Å². The minimum absolute atomic E-state index is 0.0509. The van der Waals surface area contributed by atoms with Crippen molar-refractivity contribution < 1.29 is 42.1 Å². The van der Waals surface area contributed by atoms with E-state index in [1.165, 1.54) is 19.3 Å². The van der Waals surface area contributed by atoms with Crippen LogP contribution in [0.5, 0.6) is 0 Å². The number of carbonyl (C=O) groups excluding carboxylic acids is 2. The van der Waals surface area contributed by atoms with E-state index in [0.29, 0.717) is 23.9 Å². The van der Waals surface area contributed by atoms with Gasteiger partial charge in [0.1, 0.15) is 19.8 Å². The fourth-order valence-electron chi connectivity index (χ4n) is 6.75. The number of allylic oxidation sites excluding steroid dienone is 26. The second-order valence-electron chi connectivity index (χ2n) is 19.2. The van der Waals surface area contributed by atoms with Crippen molar-refractivity contribution in [3.63, 3.8) is 0 Å². The predicted octanol–water partition coefficient (Wildman–Crippen LogP) is 17.1. The van der Waals surface area contributed by atoms with E-state index < -0.39 is 32.5 Å². The number of phosphoric ester groups is 1. The van der Waals surface area contributed by atoms with Crippen LogP contribution in [0.4, 0.5) is 0 Å². The Bertz CT molecular complexity index is 1800. The normalized spacial score (nSPS) is 14.5. The van der Waals surface area contributed by atoms with E-state index in [2.05, 4.69) is 172 Å². The molecule has 0 N–H and O–H groups in total. The van der Waals surface area contributed by atoms with Crippen LogP contribution in [-0.2, 0) is 32.7 Å². The molecule has 0 aliphatic heterocycles. The molecule has 0 bridgehead atoms. The van der Waals surface area contributed by atoms with E-state index in [9.17, 15) is 19.0 Å². The van der Waals surface area contributed by atoms with Gasteiger partial charge in [0.05, 0.1) is 27.7 Å². The Hall–Kier alpha value is -4.37. The Morgan fingerprint density at radius 1 is 0.419 bits per heavy atom. The van der Waals surface area contributed by atoms with Crippen LogP contribution in [-0.4, -0.2) is 70.0 Å². The fraction of sp³-hybridized carbons (Fsp3) is 0.562. The van der Waals surface area contributed by atoms with E-state index in [4.69, 9.17) is 18.5 Å². The van der Waals surface area contributed by atoms with Gasteiger partial charge in [0.15, 0.2) is 6.10 Å². The number of phosphoric acid groups is 1. The van der Waals surface area contributed by atoms with Crippen LogP contribution < -0.4 is 4.89 Å². The van der Waals surface area contributed by atoms with E-state index in [-0.39, 0.29) is 26.1 Å². The number of hydrogen-bond donors (Lipinski definition) is 0. The number of esters is 2. The van der Waals surface area contributed by atoms with E-state index in [1.54, 1.807) is 0 Å². The van der Waals surface area contributed by atoms with Crippen LogP contribution in [0, 0.1) is 0 Å². The van der Waals surface area contributed by atoms with Crippen LogP contribution in [0.3, 0.4) is 0 Å². The minimum Gasteiger partial charge on any atom is -0.756 e. The molecule has 0 fully saturated rings. The summed E-state index contributed by atoms with van der Waals surface area (Å²) in [4.78, 5) is 37.8. The van der Waals surface area contributed by atoms with Crippen molar-refractivity contribution in [1.82, 2.24) is 0 Å². The average Bonchev–Trinajstić information content (AvgIpc) is 3.36. The molecule has 0 aromatic rings. The first kappa shape index (κ1) is 69.6. The van der Waals surface area contributed by atoms with Crippen LogP contribution in [0.25, 0.3) is 0 Å². The molecule has 0 heterocycles. The lowest BCUT2D eigenvalue weighted by atomic mass is 10.1. The van der Waals surface area contributed by atoms with Gasteiger partial charge in [-0.1, -0.05) is 204 Å². The maximum atomic E-state index is 12.8. The Kier molecular flexibility index (Phi) is 50.3. The highest BCUT2D eigenvalue weighted by Gasteiger charge is 2.21. The molecule has 0 saturated carbocycles. The number of unbranched alkanes of at least 4 members (excludes halogenated alkanes) is 9. The second-order valence-corrected chi connectivity index (χ2v) is 20.6. The zero-order valence-electron chi connectivity index (χ0n) is 47.0. The molecule has 2 unspecified atom stereocenters. The summed E-state index contributed by atoms with van der Waals surface area (Å²) >= 11 is 0. The van der Waals surface area contributed by atoms with Gasteiger partial charge in [-0.3, -0.25) is 14.2 Å². The standard InChI is InChI=1S/C64H102NO8P/c1-6-8-10-12-14-16-18-20-22-24-25-26-27-28-29-30-31-32-33-34-35-36-37-38-39-41-43-45-47-49-51-53-55-57-64(67)73-62(61-72-74(68,69)71-59-58-65(3,4)5)60-70-63(66)56-54-52-50-48-46-44-42-40-23-21-19-17-15-13-11-9-7-2/h8-11,14-17,20-23,25-26,28-29,31-32,34-35,37-38,41,43,47,49,62H,6-7,12-13,18-19,24,27,30,33,36,39-40,42,44-46,48,50-61H2,1-5H3/b10-8-,11-9-,16-14-,17-15-,22-20-,23-21-,26-25-,29-28-,32-31-,35-34-,38-37-,43-41-,49-47-. The number of rotatable bonds is 49. The molecule has 9 nitrogen and oxygen atoms in total. The first-order valence-corrected chi connectivity index (χ1v) is 29.7. The van der Waals surface area contributed by atoms with E-state index in [0.717, 1.165) is 122 Å². The van der Waals surface area contributed by atoms with Crippen molar-refractivity contribution in [3.05, 3.63) is 158 Å². The molecule has 0 radical (unpaired) electrons. The maximum Gasteiger partial charge on any atom is 0.306 e. The SMILES string of the molecule is CC/C=C\C/C=C\C/C=C\C/C=C\C/C=C\C/C=C\C/C=C\C/C=C\C/C=C\C/C=C\CCCCC(=O)OC(COC(=O)CCCCCCCCC/C=C\C/C=C\C/C=C\CC)COP(=O)([O-])OCC[N+](C)(C)C. The number of ether oxygens (including phenoxy) is 2. The van der Waals surface area contributed by atoms with Gasteiger partial charge in [-0.05, 0) is 122 Å². The predicted molar refractivity (Wildman–Crippen MR) is 313 cm³/mol. The molecule has 416 valence electrons. The van der Waals surface area contributed by atoms with Crippen molar-refractivity contribution in [1.29, 1.82) is 0 Å². The van der Waals surface area contributed by atoms with Crippen molar-refractivity contribution in [3.8, 4) is 0 Å². The third-order valence-electron chi connectivity index (χ3n) is 11.0. The second kappa shape index (κ2) is 53.5. The smallest absolute Gasteiger partial charge is 0.306 e. The summed E-state index contributed by atoms with van der Waals surface area (Å²) in [7, 11) is 1.10. The van der Waals surface area contributed by atoms with Gasteiger partial charge in [-0.25, -0.2) is 0 Å². The molecule has 2 atom stereocenters. The van der Waals surface area contributed by atoms with Gasteiger partial charge in [0, 0.05) is 12.8 Å². The molecule has 0 saturated heterocycles. The van der Waals surface area contributed by atoms with E-state index >= 15 is 0 Å². The molecule has 10 heteroatoms. The number of quaternary nitrogens is 1. The lowest BCUT2D eigenvalue weighted by Gasteiger charge is -2.28. The molecule has 0 rings (SSSR count). The average molecular weight is 1040 g/mol. The summed E-state index contributed by atoms with van der Waals surface area (Å²) in [5, 5.41) is 0. The van der Waals surface area contributed by atoms with Crippen LogP contribution in [0.15, 0.2) is 158 Å². The summed E-state index contributed by atoms with van der Waals surface area (Å²) in [5.41, 5.74) is 0. The summed E-state index contributed by atoms with van der Waals surface area (Å²) < 4.78 is 34.0. The van der Waals surface area contributed by atoms with Crippen LogP contribution in [0.2, 0.25) is 0 Å². The molecule has 74 heavy (non-hydrogen) atoms. The van der Waals surface area contributed by atoms with Crippen LogP contribution >= 0.6 is 7.82 Å². The zero-order valence-corrected chi connectivity index (χ0v) is 47.9. The van der Waals surface area contributed by atoms with Crippen molar-refractivity contribution in [2.45, 2.75) is 187 Å². The number of hydrogen-bond acceptors (Lipinski definition) is 8. The molecule has 0 spiro atoms. The lowest BCUT2D eigenvalue weighted by Crippen LogP contribution is -2.37. The lowest BCUT2D eigenvalue weighted by molar-refractivity contribution is -0.870. The Balaban J connectivity index is 4.33. The summed E-state index contributed by atoms with van der Waals surface area (Å²) in [6, 6.07) is 0. The monoisotopic (exact) mass is 1040 g/mol. The molecule has 0 aliphatic rings. The molecular weight excluding hydrogens is 942 g/mol. The quantitative estimate of drug-likeness (QED) is 0.0195. The third kappa shape index (κ3) is 56.9. The van der Waals surface area contributed by atoms with E-state index in [1.807, 2.05) is 21.1 Å². The fourth-order valence-corrected chi connectivity index (χ4v) is 7.48. The molecular formula is C64H102NO8P. The Morgan fingerprint density at radius 3 is 1.11 bits per heavy atom. The van der Waals surface area contributed by atoms with Gasteiger partial charge in [0.25, 0.3) is 7.82 Å². The first-order valence-electron chi connectivity index (χ1n) is 28.2. The highest BCUT2D eigenvalue weighted by Crippen LogP contribution is 2.38. The van der Waals surface area contributed by atoms with Gasteiger partial charge in [0.2, 0.25) is 0 Å². The summed E-state index contributed by atoms with van der Waals surface area (Å²) in [6.07, 6.45) is 80.0. The number of nitrogens with zero attached hydrogens (tertiary/aromatic N) is 1. The molecule has 0 aliphatic carbocycles. The molecule has 0 aromatic carbocycles. The minimum atomic E-state index is -4.66. The molecule has 0 aromatic heterocycles. The third-order valence-corrected chi connectivity index (χ3v) is 12.0. The van der Waals surface area contributed by atoms with Crippen molar-refractivity contribution in [2.24, 2.45) is 0 Å². The zero-order chi connectivity index (χ0) is 54.2. The number of likely N-dealkylation sites (N-methyl/N-ethyl adjacent to an activating group) is 1. The Labute approximate surface area is 452 Å². The summed E-state index contributed by atoms with van der Waals surface area (Å²) in [6.45, 7) is 3.91. The number of carbonyl (C=O) groups is 2. The Morgan fingerprint density at radius 2 is 0.730 bits per heavy atom. The van der Waals surface area contributed by atoms with Crippen molar-refractivity contribution in [2.75, 3.05) is 47.5 Å². The van der Waals surface area contributed by atoms with Crippen LogP contribution in [0.1, 0.15) is 181 Å². The maximum absolute atomic E-state index is 12.8.